The molecule has 0 unspecified atom stereocenters. The van der Waals surface area contributed by atoms with Gasteiger partial charge in [0.1, 0.15) is 11.5 Å². The number of aromatic nitrogens is 3. The van der Waals surface area contributed by atoms with E-state index in [1.54, 1.807) is 13.3 Å². The van der Waals surface area contributed by atoms with E-state index >= 15 is 0 Å². The lowest BCUT2D eigenvalue weighted by atomic mass is 10.0. The lowest BCUT2D eigenvalue weighted by Crippen LogP contribution is -1.90. The number of rotatable bonds is 2. The first kappa shape index (κ1) is 14.3. The molecule has 3 heterocycles. The molecule has 116 valence electrons. The van der Waals surface area contributed by atoms with Gasteiger partial charge in [0.15, 0.2) is 0 Å². The van der Waals surface area contributed by atoms with E-state index in [2.05, 4.69) is 37.1 Å². The van der Waals surface area contributed by atoms with Crippen LogP contribution >= 0.6 is 15.9 Å². The van der Waals surface area contributed by atoms with E-state index in [4.69, 9.17) is 9.26 Å². The molecule has 0 bridgehead atoms. The van der Waals surface area contributed by atoms with Crippen molar-refractivity contribution in [1.82, 2.24) is 15.1 Å². The molecule has 6 heteroatoms. The van der Waals surface area contributed by atoms with Gasteiger partial charge in [0.2, 0.25) is 0 Å². The van der Waals surface area contributed by atoms with E-state index in [0.717, 1.165) is 54.6 Å². The molecule has 4 rings (SSSR count). The summed E-state index contributed by atoms with van der Waals surface area (Å²) in [6, 6.07) is 4.12. The third kappa shape index (κ3) is 2.05. The number of nitrogens with one attached hydrogen (secondary N) is 1. The Kier molecular flexibility index (Phi) is 3.16. The zero-order chi connectivity index (χ0) is 16.1. The predicted molar refractivity (Wildman–Crippen MR) is 92.8 cm³/mol. The van der Waals surface area contributed by atoms with Crippen LogP contribution in [0.25, 0.3) is 32.9 Å². The number of nitrogens with zero attached hydrogens (tertiary/aromatic N) is 2. The van der Waals surface area contributed by atoms with Gasteiger partial charge in [-0.15, -0.1) is 0 Å². The lowest BCUT2D eigenvalue weighted by molar-refractivity contribution is 0.393. The second-order valence-electron chi connectivity index (χ2n) is 5.47. The van der Waals surface area contributed by atoms with Gasteiger partial charge in [-0.3, -0.25) is 4.98 Å². The van der Waals surface area contributed by atoms with Gasteiger partial charge < -0.3 is 14.2 Å². The molecule has 1 aromatic carbocycles. The maximum atomic E-state index is 5.63. The maximum Gasteiger partial charge on any atom is 0.141 e. The summed E-state index contributed by atoms with van der Waals surface area (Å²) >= 11 is 3.58. The number of fused-ring (bicyclic) bond motifs is 3. The fraction of sp³-hybridized carbons (Fsp3) is 0.176. The number of aryl methyl sites for hydroxylation is 2. The Labute approximate surface area is 140 Å². The third-order valence-corrected chi connectivity index (χ3v) is 4.68. The molecule has 0 saturated carbocycles. The van der Waals surface area contributed by atoms with Crippen molar-refractivity contribution in [3.05, 3.63) is 40.5 Å². The number of pyridine rings is 1. The van der Waals surface area contributed by atoms with Gasteiger partial charge in [0, 0.05) is 32.5 Å². The quantitative estimate of drug-likeness (QED) is 0.551. The first-order valence-electron chi connectivity index (χ1n) is 7.16. The van der Waals surface area contributed by atoms with E-state index in [1.807, 2.05) is 26.1 Å². The van der Waals surface area contributed by atoms with Gasteiger partial charge in [0.05, 0.1) is 30.1 Å². The number of methoxy groups -OCH3 is 1. The van der Waals surface area contributed by atoms with Crippen LogP contribution in [0.2, 0.25) is 0 Å². The molecule has 0 amide bonds. The fourth-order valence-corrected chi connectivity index (χ4v) is 3.62. The molecule has 0 aliphatic carbocycles. The van der Waals surface area contributed by atoms with Crippen LogP contribution in [-0.2, 0) is 0 Å². The van der Waals surface area contributed by atoms with Crippen molar-refractivity contribution in [3.8, 4) is 16.9 Å². The van der Waals surface area contributed by atoms with Crippen molar-refractivity contribution in [2.75, 3.05) is 7.11 Å². The summed E-state index contributed by atoms with van der Waals surface area (Å²) in [6.45, 7) is 3.84. The molecule has 0 aliphatic rings. The Hall–Kier alpha value is -2.34. The van der Waals surface area contributed by atoms with E-state index < -0.39 is 0 Å². The molecule has 5 nitrogen and oxygen atoms in total. The van der Waals surface area contributed by atoms with Gasteiger partial charge in [0.25, 0.3) is 0 Å². The normalized spacial score (nSPS) is 11.5. The summed E-state index contributed by atoms with van der Waals surface area (Å²) in [5.74, 6) is 1.57. The average molecular weight is 372 g/mol. The predicted octanol–water partition coefficient (Wildman–Crippen LogP) is 4.76. The number of H-pyrrole nitrogens is 1. The largest absolute Gasteiger partial charge is 0.496 e. The Morgan fingerprint density at radius 1 is 1.17 bits per heavy atom. The minimum Gasteiger partial charge on any atom is -0.496 e. The molecule has 1 N–H and O–H groups in total. The van der Waals surface area contributed by atoms with Crippen LogP contribution < -0.4 is 4.74 Å². The fourth-order valence-electron chi connectivity index (χ4n) is 3.07. The SMILES string of the molecule is COc1cc2c(cc1-c1c(C)noc1C)[nH]c1cncc(Br)c12. The summed E-state index contributed by atoms with van der Waals surface area (Å²) in [7, 11) is 1.67. The van der Waals surface area contributed by atoms with Crippen LogP contribution in [0, 0.1) is 13.8 Å². The standard InChI is InChI=1S/C17H14BrN3O2/c1-8-16(9(2)23-21-8)11-4-13-10(5-15(11)22-3)17-12(18)6-19-7-14(17)20-13/h4-7,20H,1-3H3. The van der Waals surface area contributed by atoms with Crippen molar-refractivity contribution in [2.45, 2.75) is 13.8 Å². The second-order valence-corrected chi connectivity index (χ2v) is 6.32. The van der Waals surface area contributed by atoms with Crippen molar-refractivity contribution in [3.63, 3.8) is 0 Å². The Bertz CT molecular complexity index is 1030. The number of aromatic amines is 1. The van der Waals surface area contributed by atoms with Gasteiger partial charge in [-0.2, -0.15) is 0 Å². The minimum absolute atomic E-state index is 0.777. The first-order valence-corrected chi connectivity index (χ1v) is 7.95. The Morgan fingerprint density at radius 3 is 2.70 bits per heavy atom. The van der Waals surface area contributed by atoms with E-state index in [1.165, 1.54) is 0 Å². The second kappa shape index (κ2) is 5.09. The van der Waals surface area contributed by atoms with Crippen LogP contribution in [-0.4, -0.2) is 22.2 Å². The molecule has 0 atom stereocenters. The summed E-state index contributed by atoms with van der Waals surface area (Å²) in [4.78, 5) is 7.63. The first-order chi connectivity index (χ1) is 11.1. The number of halogens is 1. The highest BCUT2D eigenvalue weighted by atomic mass is 79.9. The highest BCUT2D eigenvalue weighted by molar-refractivity contribution is 9.10. The smallest absolute Gasteiger partial charge is 0.141 e. The van der Waals surface area contributed by atoms with Gasteiger partial charge in [-0.05, 0) is 41.9 Å². The zero-order valence-corrected chi connectivity index (χ0v) is 14.5. The van der Waals surface area contributed by atoms with Gasteiger partial charge >= 0.3 is 0 Å². The molecule has 4 aromatic rings. The van der Waals surface area contributed by atoms with Crippen molar-refractivity contribution in [2.24, 2.45) is 0 Å². The number of hydrogen-bond donors (Lipinski definition) is 1. The monoisotopic (exact) mass is 371 g/mol. The molecule has 23 heavy (non-hydrogen) atoms. The van der Waals surface area contributed by atoms with Crippen molar-refractivity contribution in [1.29, 1.82) is 0 Å². The van der Waals surface area contributed by atoms with Crippen molar-refractivity contribution >= 4 is 37.7 Å². The van der Waals surface area contributed by atoms with Crippen LogP contribution in [0.5, 0.6) is 5.75 Å². The molecule has 0 saturated heterocycles. The highest BCUT2D eigenvalue weighted by Gasteiger charge is 2.19. The summed E-state index contributed by atoms with van der Waals surface area (Å²) in [6.07, 6.45) is 3.62. The Balaban J connectivity index is 2.11. The van der Waals surface area contributed by atoms with Crippen LogP contribution in [0.15, 0.2) is 33.5 Å². The molecule has 3 aromatic heterocycles. The molecular formula is C17H14BrN3O2. The third-order valence-electron chi connectivity index (χ3n) is 4.08. The van der Waals surface area contributed by atoms with E-state index in [9.17, 15) is 0 Å². The zero-order valence-electron chi connectivity index (χ0n) is 12.9. The number of hydrogen-bond acceptors (Lipinski definition) is 4. The molecule has 0 spiro atoms. The van der Waals surface area contributed by atoms with Crippen molar-refractivity contribution < 1.29 is 9.26 Å². The van der Waals surface area contributed by atoms with Crippen LogP contribution in [0.4, 0.5) is 0 Å². The minimum atomic E-state index is 0.777. The summed E-state index contributed by atoms with van der Waals surface area (Å²) in [5.41, 5.74) is 4.78. The summed E-state index contributed by atoms with van der Waals surface area (Å²) in [5, 5.41) is 6.23. The highest BCUT2D eigenvalue weighted by Crippen LogP contribution is 2.40. The lowest BCUT2D eigenvalue weighted by Gasteiger charge is -2.09. The van der Waals surface area contributed by atoms with Crippen LogP contribution in [0.3, 0.4) is 0 Å². The maximum absolute atomic E-state index is 5.63. The number of benzene rings is 1. The molecule has 0 radical (unpaired) electrons. The molecule has 0 fully saturated rings. The topological polar surface area (TPSA) is 63.9 Å². The van der Waals surface area contributed by atoms with E-state index in [0.29, 0.717) is 0 Å². The van der Waals surface area contributed by atoms with Crippen LogP contribution in [0.1, 0.15) is 11.5 Å². The average Bonchev–Trinajstić information content (AvgIpc) is 3.06. The van der Waals surface area contributed by atoms with Gasteiger partial charge in [-0.25, -0.2) is 0 Å². The molecular weight excluding hydrogens is 358 g/mol. The Morgan fingerprint density at radius 2 is 2.00 bits per heavy atom. The number of ether oxygens (including phenoxy) is 1. The molecule has 0 aliphatic heterocycles. The van der Waals surface area contributed by atoms with E-state index in [-0.39, 0.29) is 0 Å². The van der Waals surface area contributed by atoms with Gasteiger partial charge in [-0.1, -0.05) is 5.16 Å². The summed E-state index contributed by atoms with van der Waals surface area (Å²) < 4.78 is 11.9.